The Morgan fingerprint density at radius 2 is 2.20 bits per heavy atom. The topological polar surface area (TPSA) is 40.5 Å². The Morgan fingerprint density at radius 3 is 2.30 bits per heavy atom. The van der Waals surface area contributed by atoms with E-state index >= 15 is 0 Å². The van der Waals surface area contributed by atoms with Gasteiger partial charge in [0.15, 0.2) is 0 Å². The molecule has 3 nitrogen and oxygen atoms in total. The molecule has 0 unspecified atom stereocenters. The fourth-order valence-corrected chi connectivity index (χ4v) is 0.943. The van der Waals surface area contributed by atoms with Crippen LogP contribution >= 0.6 is 0 Å². The lowest BCUT2D eigenvalue weighted by Crippen LogP contribution is -2.38. The molecule has 10 heavy (non-hydrogen) atoms. The average molecular weight is 145 g/mol. The van der Waals surface area contributed by atoms with E-state index in [2.05, 4.69) is 0 Å². The van der Waals surface area contributed by atoms with Crippen molar-refractivity contribution in [3.63, 3.8) is 0 Å². The van der Waals surface area contributed by atoms with E-state index in [1.54, 1.807) is 4.90 Å². The number of carbonyl (C=O) groups excluding carboxylic acids is 1. The molecule has 0 saturated carbocycles. The highest BCUT2D eigenvalue weighted by Crippen LogP contribution is 1.96. The number of carbonyl (C=O) groups is 1. The molecule has 0 aliphatic heterocycles. The number of aliphatic hydroxyl groups is 1. The van der Waals surface area contributed by atoms with Gasteiger partial charge in [0, 0.05) is 13.5 Å². The van der Waals surface area contributed by atoms with Crippen LogP contribution in [0.25, 0.3) is 0 Å². The highest BCUT2D eigenvalue weighted by Gasteiger charge is 2.12. The van der Waals surface area contributed by atoms with Crippen LogP contribution < -0.4 is 0 Å². The summed E-state index contributed by atoms with van der Waals surface area (Å²) in [4.78, 5) is 12.4. The number of likely N-dealkylation sites (N-methyl/N-ethyl adjacent to an activating group) is 1. The van der Waals surface area contributed by atoms with Crippen LogP contribution in [0.5, 0.6) is 0 Å². The van der Waals surface area contributed by atoms with E-state index in [1.807, 2.05) is 13.8 Å². The van der Waals surface area contributed by atoms with Crippen molar-refractivity contribution in [2.45, 2.75) is 26.8 Å². The van der Waals surface area contributed by atoms with Gasteiger partial charge in [-0.1, -0.05) is 0 Å². The average Bonchev–Trinajstić information content (AvgIpc) is 1.88. The van der Waals surface area contributed by atoms with E-state index in [0.717, 1.165) is 0 Å². The summed E-state index contributed by atoms with van der Waals surface area (Å²) >= 11 is 0. The maximum atomic E-state index is 10.8. The van der Waals surface area contributed by atoms with Gasteiger partial charge in [0.2, 0.25) is 5.91 Å². The van der Waals surface area contributed by atoms with Gasteiger partial charge in [0.25, 0.3) is 0 Å². The number of aliphatic hydroxyl groups excluding tert-OH is 1. The van der Waals surface area contributed by atoms with Crippen LogP contribution in [0, 0.1) is 0 Å². The second-order valence-electron chi connectivity index (χ2n) is 2.34. The zero-order chi connectivity index (χ0) is 8.15. The van der Waals surface area contributed by atoms with Gasteiger partial charge in [-0.15, -0.1) is 0 Å². The molecular weight excluding hydrogens is 130 g/mol. The quantitative estimate of drug-likeness (QED) is 0.617. The molecule has 0 spiro atoms. The van der Waals surface area contributed by atoms with Crippen molar-refractivity contribution in [2.75, 3.05) is 13.2 Å². The lowest BCUT2D eigenvalue weighted by molar-refractivity contribution is -0.131. The number of rotatable bonds is 3. The molecule has 0 aliphatic rings. The Labute approximate surface area is 61.6 Å². The summed E-state index contributed by atoms with van der Waals surface area (Å²) in [6.07, 6.45) is 0. The maximum Gasteiger partial charge on any atom is 0.219 e. The van der Waals surface area contributed by atoms with Crippen LogP contribution in [0.3, 0.4) is 0 Å². The summed E-state index contributed by atoms with van der Waals surface area (Å²) in [6, 6.07) is -0.0532. The highest BCUT2D eigenvalue weighted by molar-refractivity contribution is 5.73. The van der Waals surface area contributed by atoms with E-state index < -0.39 is 0 Å². The van der Waals surface area contributed by atoms with Gasteiger partial charge in [0.05, 0.1) is 12.6 Å². The number of nitrogens with zero attached hydrogens (tertiary/aromatic N) is 1. The molecule has 1 atom stereocenters. The summed E-state index contributed by atoms with van der Waals surface area (Å²) in [5.41, 5.74) is 0. The molecule has 3 heteroatoms. The molecule has 0 saturated heterocycles. The first-order chi connectivity index (χ1) is 4.63. The summed E-state index contributed by atoms with van der Waals surface area (Å²) in [5, 5.41) is 8.69. The van der Waals surface area contributed by atoms with E-state index in [-0.39, 0.29) is 18.6 Å². The number of hydrogen-bond donors (Lipinski definition) is 1. The van der Waals surface area contributed by atoms with Gasteiger partial charge in [0.1, 0.15) is 0 Å². The molecule has 0 radical (unpaired) electrons. The standard InChI is InChI=1S/C7H15NO2/c1-4-8(7(3)10)6(2)5-9/h6,9H,4-5H2,1-3H3/t6-/m1/s1. The van der Waals surface area contributed by atoms with Gasteiger partial charge in [-0.2, -0.15) is 0 Å². The third-order valence-corrected chi connectivity index (χ3v) is 1.54. The van der Waals surface area contributed by atoms with Crippen LogP contribution in [-0.2, 0) is 4.79 Å². The van der Waals surface area contributed by atoms with Crippen LogP contribution in [0.1, 0.15) is 20.8 Å². The van der Waals surface area contributed by atoms with Gasteiger partial charge in [-0.25, -0.2) is 0 Å². The van der Waals surface area contributed by atoms with Crippen molar-refractivity contribution in [3.8, 4) is 0 Å². The second-order valence-corrected chi connectivity index (χ2v) is 2.34. The molecule has 0 rings (SSSR count). The van der Waals surface area contributed by atoms with E-state index in [0.29, 0.717) is 6.54 Å². The lowest BCUT2D eigenvalue weighted by Gasteiger charge is -2.24. The maximum absolute atomic E-state index is 10.8. The van der Waals surface area contributed by atoms with Gasteiger partial charge >= 0.3 is 0 Å². The lowest BCUT2D eigenvalue weighted by atomic mass is 10.3. The summed E-state index contributed by atoms with van der Waals surface area (Å²) in [5.74, 6) is 0.0176. The van der Waals surface area contributed by atoms with Crippen LogP contribution in [-0.4, -0.2) is 35.1 Å². The first-order valence-corrected chi connectivity index (χ1v) is 3.51. The fourth-order valence-electron chi connectivity index (χ4n) is 0.943. The monoisotopic (exact) mass is 145 g/mol. The van der Waals surface area contributed by atoms with Gasteiger partial charge in [-0.05, 0) is 13.8 Å². The molecule has 0 aliphatic carbocycles. The van der Waals surface area contributed by atoms with E-state index in [4.69, 9.17) is 5.11 Å². The zero-order valence-corrected chi connectivity index (χ0v) is 6.79. The fraction of sp³-hybridized carbons (Fsp3) is 0.857. The molecule has 0 heterocycles. The number of hydrogen-bond acceptors (Lipinski definition) is 2. The van der Waals surface area contributed by atoms with Crippen molar-refractivity contribution in [1.82, 2.24) is 4.90 Å². The zero-order valence-electron chi connectivity index (χ0n) is 6.79. The molecule has 60 valence electrons. The van der Waals surface area contributed by atoms with Crippen molar-refractivity contribution >= 4 is 5.91 Å². The molecule has 1 amide bonds. The molecule has 0 aromatic heterocycles. The highest BCUT2D eigenvalue weighted by atomic mass is 16.3. The molecular formula is C7H15NO2. The minimum Gasteiger partial charge on any atom is -0.394 e. The van der Waals surface area contributed by atoms with E-state index in [1.165, 1.54) is 6.92 Å². The number of amides is 1. The Kier molecular flexibility index (Phi) is 4.03. The first kappa shape index (κ1) is 9.43. The Hall–Kier alpha value is -0.570. The summed E-state index contributed by atoms with van der Waals surface area (Å²) in [7, 11) is 0. The van der Waals surface area contributed by atoms with Crippen molar-refractivity contribution < 1.29 is 9.90 Å². The molecule has 1 N–H and O–H groups in total. The van der Waals surface area contributed by atoms with Crippen molar-refractivity contribution in [1.29, 1.82) is 0 Å². The molecule has 0 aromatic rings. The molecule has 0 aromatic carbocycles. The van der Waals surface area contributed by atoms with E-state index in [9.17, 15) is 4.79 Å². The predicted octanol–water partition coefficient (Wildman–Crippen LogP) is 0.236. The largest absolute Gasteiger partial charge is 0.394 e. The summed E-state index contributed by atoms with van der Waals surface area (Å²) < 4.78 is 0. The normalized spacial score (nSPS) is 12.8. The van der Waals surface area contributed by atoms with Crippen LogP contribution in [0.2, 0.25) is 0 Å². The second kappa shape index (κ2) is 4.28. The van der Waals surface area contributed by atoms with Gasteiger partial charge < -0.3 is 10.0 Å². The first-order valence-electron chi connectivity index (χ1n) is 3.51. The Bertz CT molecular complexity index is 114. The van der Waals surface area contributed by atoms with Gasteiger partial charge in [-0.3, -0.25) is 4.79 Å². The molecule has 0 bridgehead atoms. The van der Waals surface area contributed by atoms with Crippen LogP contribution in [0.15, 0.2) is 0 Å². The van der Waals surface area contributed by atoms with Crippen LogP contribution in [0.4, 0.5) is 0 Å². The predicted molar refractivity (Wildman–Crippen MR) is 39.6 cm³/mol. The van der Waals surface area contributed by atoms with Crippen molar-refractivity contribution in [2.24, 2.45) is 0 Å². The minimum absolute atomic E-state index is 0.0176. The summed E-state index contributed by atoms with van der Waals surface area (Å²) in [6.45, 7) is 5.93. The Morgan fingerprint density at radius 1 is 1.70 bits per heavy atom. The smallest absolute Gasteiger partial charge is 0.219 e. The Balaban J connectivity index is 3.92. The van der Waals surface area contributed by atoms with Crippen molar-refractivity contribution in [3.05, 3.63) is 0 Å². The third-order valence-electron chi connectivity index (χ3n) is 1.54. The molecule has 0 fully saturated rings. The minimum atomic E-state index is -0.0532. The SMILES string of the molecule is CCN(C(C)=O)[C@H](C)CO. The third kappa shape index (κ3) is 2.35.